The Labute approximate surface area is 146 Å². The van der Waals surface area contributed by atoms with Gasteiger partial charge in [0.1, 0.15) is 5.78 Å². The van der Waals surface area contributed by atoms with Gasteiger partial charge in [-0.2, -0.15) is 5.26 Å². The van der Waals surface area contributed by atoms with E-state index in [1.54, 1.807) is 0 Å². The minimum Gasteiger partial charge on any atom is -0.360 e. The number of nitrogens with zero attached hydrogens (tertiary/aromatic N) is 2. The van der Waals surface area contributed by atoms with Crippen LogP contribution in [0.2, 0.25) is 5.02 Å². The van der Waals surface area contributed by atoms with Gasteiger partial charge in [0, 0.05) is 29.1 Å². The molecule has 1 unspecified atom stereocenters. The van der Waals surface area contributed by atoms with E-state index in [-0.39, 0.29) is 18.0 Å². The summed E-state index contributed by atoms with van der Waals surface area (Å²) < 4.78 is 0. The highest BCUT2D eigenvalue weighted by Crippen LogP contribution is 2.47. The van der Waals surface area contributed by atoms with E-state index >= 15 is 0 Å². The fourth-order valence-electron chi connectivity index (χ4n) is 4.14. The van der Waals surface area contributed by atoms with Gasteiger partial charge >= 0.3 is 0 Å². The molecule has 5 rings (SSSR count). The van der Waals surface area contributed by atoms with E-state index in [0.717, 1.165) is 24.1 Å². The van der Waals surface area contributed by atoms with Crippen molar-refractivity contribution in [3.8, 4) is 6.07 Å². The van der Waals surface area contributed by atoms with Crippen LogP contribution < -0.4 is 4.90 Å². The number of benzene rings is 2. The van der Waals surface area contributed by atoms with Crippen molar-refractivity contribution in [3.05, 3.63) is 64.7 Å². The summed E-state index contributed by atoms with van der Waals surface area (Å²) in [5, 5.41) is 9.73. The van der Waals surface area contributed by atoms with Gasteiger partial charge in [0.15, 0.2) is 0 Å². The first-order chi connectivity index (χ1) is 11.7. The third-order valence-corrected chi connectivity index (χ3v) is 5.49. The highest BCUT2D eigenvalue weighted by atomic mass is 35.5. The molecule has 3 nitrogen and oxygen atoms in total. The first-order valence-electron chi connectivity index (χ1n) is 8.24. The Morgan fingerprint density at radius 2 is 1.75 bits per heavy atom. The third-order valence-electron chi connectivity index (χ3n) is 5.24. The standard InChI is InChI=1S/C20H17ClN2O/c21-15-5-7-16(8-6-15)23-17-9-10-18(19(24)11-17)20(23)14-3-1-13(12-22)2-4-14/h1-8,17-18,20H,9-11H2/t17-,18+,20?/m0/s1. The molecular weight excluding hydrogens is 320 g/mol. The van der Waals surface area contributed by atoms with Crippen LogP contribution in [0, 0.1) is 17.2 Å². The molecule has 24 heavy (non-hydrogen) atoms. The lowest BCUT2D eigenvalue weighted by molar-refractivity contribution is -0.128. The summed E-state index contributed by atoms with van der Waals surface area (Å²) in [6.07, 6.45) is 2.62. The molecule has 2 bridgehead atoms. The van der Waals surface area contributed by atoms with E-state index in [1.165, 1.54) is 0 Å². The lowest BCUT2D eigenvalue weighted by Crippen LogP contribution is -2.54. The van der Waals surface area contributed by atoms with E-state index in [1.807, 2.05) is 48.5 Å². The molecule has 1 aliphatic carbocycles. The minimum atomic E-state index is 0.0265. The van der Waals surface area contributed by atoms with Gasteiger partial charge in [-0.25, -0.2) is 0 Å². The van der Waals surface area contributed by atoms with E-state index in [9.17, 15) is 4.79 Å². The van der Waals surface area contributed by atoms with E-state index in [0.29, 0.717) is 22.8 Å². The van der Waals surface area contributed by atoms with Crippen molar-refractivity contribution in [2.24, 2.45) is 5.92 Å². The maximum absolute atomic E-state index is 12.5. The van der Waals surface area contributed by atoms with Crippen molar-refractivity contribution in [1.29, 1.82) is 5.26 Å². The quantitative estimate of drug-likeness (QED) is 0.810. The number of hydrogen-bond acceptors (Lipinski definition) is 3. The van der Waals surface area contributed by atoms with Crippen molar-refractivity contribution in [2.75, 3.05) is 4.90 Å². The molecule has 120 valence electrons. The smallest absolute Gasteiger partial charge is 0.140 e. The predicted octanol–water partition coefficient (Wildman–Crippen LogP) is 4.51. The molecule has 3 atom stereocenters. The second-order valence-electron chi connectivity index (χ2n) is 6.57. The summed E-state index contributed by atoms with van der Waals surface area (Å²) in [5.74, 6) is 0.393. The number of ketones is 1. The summed E-state index contributed by atoms with van der Waals surface area (Å²) in [4.78, 5) is 14.9. The SMILES string of the molecule is N#Cc1ccc(C2[C@@H]3CC[C@@H](CC3=O)N2c2ccc(Cl)cc2)cc1. The molecule has 2 aromatic carbocycles. The van der Waals surface area contributed by atoms with E-state index < -0.39 is 0 Å². The monoisotopic (exact) mass is 336 g/mol. The first kappa shape index (κ1) is 15.2. The Balaban J connectivity index is 1.78. The molecule has 0 aromatic heterocycles. The van der Waals surface area contributed by atoms with Gasteiger partial charge in [0.2, 0.25) is 0 Å². The van der Waals surface area contributed by atoms with Gasteiger partial charge in [-0.1, -0.05) is 23.7 Å². The molecule has 0 N–H and O–H groups in total. The van der Waals surface area contributed by atoms with Crippen molar-refractivity contribution in [3.63, 3.8) is 0 Å². The number of rotatable bonds is 2. The van der Waals surface area contributed by atoms with Crippen LogP contribution in [-0.4, -0.2) is 11.8 Å². The molecule has 1 saturated carbocycles. The zero-order chi connectivity index (χ0) is 16.7. The minimum absolute atomic E-state index is 0.0265. The molecule has 2 aromatic rings. The lowest BCUT2D eigenvalue weighted by atomic mass is 9.71. The van der Waals surface area contributed by atoms with Gasteiger partial charge in [0.05, 0.1) is 17.7 Å². The number of carbonyl (C=O) groups excluding carboxylic acids is 1. The van der Waals surface area contributed by atoms with Crippen LogP contribution in [-0.2, 0) is 4.79 Å². The second-order valence-corrected chi connectivity index (χ2v) is 7.01. The van der Waals surface area contributed by atoms with Gasteiger partial charge in [-0.3, -0.25) is 4.79 Å². The zero-order valence-electron chi connectivity index (χ0n) is 13.2. The molecule has 3 fully saturated rings. The van der Waals surface area contributed by atoms with Gasteiger partial charge in [0.25, 0.3) is 0 Å². The lowest BCUT2D eigenvalue weighted by Gasteiger charge is -2.52. The molecule has 4 heteroatoms. The molecule has 0 spiro atoms. The van der Waals surface area contributed by atoms with Crippen LogP contribution >= 0.6 is 11.6 Å². The Hall–Kier alpha value is -2.31. The van der Waals surface area contributed by atoms with Gasteiger partial charge < -0.3 is 4.90 Å². The van der Waals surface area contributed by atoms with Crippen molar-refractivity contribution in [1.82, 2.24) is 0 Å². The Morgan fingerprint density at radius 3 is 2.38 bits per heavy atom. The van der Waals surface area contributed by atoms with Crippen LogP contribution in [0.1, 0.15) is 36.4 Å². The molecule has 0 radical (unpaired) electrons. The fraction of sp³-hybridized carbons (Fsp3) is 0.300. The normalized spacial score (nSPS) is 25.6. The maximum atomic E-state index is 12.5. The Bertz CT molecular complexity index is 807. The number of Topliss-reactive ketones (excluding diaryl/α,β-unsaturated/α-hetero) is 1. The van der Waals surface area contributed by atoms with Crippen LogP contribution in [0.15, 0.2) is 48.5 Å². The number of halogens is 1. The Kier molecular flexibility index (Phi) is 3.78. The summed E-state index contributed by atoms with van der Waals surface area (Å²) >= 11 is 6.04. The number of carbonyl (C=O) groups is 1. The summed E-state index contributed by atoms with van der Waals surface area (Å²) in [6, 6.07) is 17.9. The molecular formula is C20H17ClN2O. The average Bonchev–Trinajstić information content (AvgIpc) is 2.62. The number of anilines is 1. The number of piperidine rings is 2. The third kappa shape index (κ3) is 2.48. The van der Waals surface area contributed by atoms with Crippen LogP contribution in [0.5, 0.6) is 0 Å². The summed E-state index contributed by atoms with van der Waals surface area (Å²) in [6.45, 7) is 0. The van der Waals surface area contributed by atoms with Crippen LogP contribution in [0.25, 0.3) is 0 Å². The summed E-state index contributed by atoms with van der Waals surface area (Å²) in [5.41, 5.74) is 2.85. The highest BCUT2D eigenvalue weighted by molar-refractivity contribution is 6.30. The van der Waals surface area contributed by atoms with E-state index in [2.05, 4.69) is 11.0 Å². The number of nitriles is 1. The largest absolute Gasteiger partial charge is 0.360 e. The van der Waals surface area contributed by atoms with Gasteiger partial charge in [-0.15, -0.1) is 0 Å². The number of fused-ring (bicyclic) bond motifs is 3. The zero-order valence-corrected chi connectivity index (χ0v) is 13.9. The Morgan fingerprint density at radius 1 is 1.04 bits per heavy atom. The fourth-order valence-corrected chi connectivity index (χ4v) is 4.27. The first-order valence-corrected chi connectivity index (χ1v) is 8.62. The van der Waals surface area contributed by atoms with E-state index in [4.69, 9.17) is 16.9 Å². The van der Waals surface area contributed by atoms with Gasteiger partial charge in [-0.05, 0) is 54.8 Å². The predicted molar refractivity (Wildman–Crippen MR) is 94.0 cm³/mol. The molecule has 2 heterocycles. The second kappa shape index (κ2) is 5.96. The summed E-state index contributed by atoms with van der Waals surface area (Å²) in [7, 11) is 0. The number of hydrogen-bond donors (Lipinski definition) is 0. The van der Waals surface area contributed by atoms with Crippen molar-refractivity contribution >= 4 is 23.1 Å². The molecule has 3 aliphatic rings. The highest BCUT2D eigenvalue weighted by Gasteiger charge is 2.47. The van der Waals surface area contributed by atoms with Crippen LogP contribution in [0.4, 0.5) is 5.69 Å². The topological polar surface area (TPSA) is 44.1 Å². The molecule has 2 saturated heterocycles. The molecule has 0 amide bonds. The van der Waals surface area contributed by atoms with Crippen molar-refractivity contribution < 1.29 is 4.79 Å². The maximum Gasteiger partial charge on any atom is 0.140 e. The molecule has 2 aliphatic heterocycles. The van der Waals surface area contributed by atoms with Crippen molar-refractivity contribution in [2.45, 2.75) is 31.3 Å². The van der Waals surface area contributed by atoms with Crippen LogP contribution in [0.3, 0.4) is 0 Å². The average molecular weight is 337 g/mol.